The molecule has 3 aromatic heterocycles. The van der Waals surface area contributed by atoms with Crippen molar-refractivity contribution in [1.29, 1.82) is 0 Å². The van der Waals surface area contributed by atoms with Gasteiger partial charge in [-0.25, -0.2) is 9.97 Å². The summed E-state index contributed by atoms with van der Waals surface area (Å²) < 4.78 is 5.81. The van der Waals surface area contributed by atoms with Gasteiger partial charge in [0.25, 0.3) is 0 Å². The van der Waals surface area contributed by atoms with Gasteiger partial charge in [0, 0.05) is 6.92 Å². The zero-order chi connectivity index (χ0) is 15.0. The van der Waals surface area contributed by atoms with Crippen LogP contribution in [-0.4, -0.2) is 20.8 Å². The van der Waals surface area contributed by atoms with Crippen molar-refractivity contribution in [2.24, 2.45) is 0 Å². The maximum absolute atomic E-state index is 11.2. The number of nitrogens with one attached hydrogen (secondary N) is 1. The molecule has 3 aromatic rings. The van der Waals surface area contributed by atoms with Gasteiger partial charge in [0.05, 0.1) is 16.3 Å². The van der Waals surface area contributed by atoms with Gasteiger partial charge in [-0.3, -0.25) is 14.9 Å². The van der Waals surface area contributed by atoms with Crippen molar-refractivity contribution >= 4 is 39.2 Å². The number of hydrogen-bond donors (Lipinski definition) is 1. The fraction of sp³-hybridized carbons (Fsp3) is 0.0833. The fourth-order valence-corrected chi connectivity index (χ4v) is 2.55. The molecule has 0 aliphatic heterocycles. The smallest absolute Gasteiger partial charge is 0.397 e. The first kappa shape index (κ1) is 13.2. The van der Waals surface area contributed by atoms with E-state index >= 15 is 0 Å². The molecule has 3 heterocycles. The predicted octanol–water partition coefficient (Wildman–Crippen LogP) is 2.82. The highest BCUT2D eigenvalue weighted by Crippen LogP contribution is 2.30. The summed E-state index contributed by atoms with van der Waals surface area (Å²) in [4.78, 5) is 29.7. The zero-order valence-electron chi connectivity index (χ0n) is 10.7. The normalized spacial score (nSPS) is 10.7. The van der Waals surface area contributed by atoms with Crippen molar-refractivity contribution in [3.8, 4) is 11.6 Å². The molecule has 0 fully saturated rings. The molecule has 0 aliphatic rings. The van der Waals surface area contributed by atoms with Gasteiger partial charge in [-0.2, -0.15) is 0 Å². The highest BCUT2D eigenvalue weighted by atomic mass is 32.1. The van der Waals surface area contributed by atoms with Gasteiger partial charge >= 0.3 is 5.88 Å². The molecule has 0 saturated heterocycles. The van der Waals surface area contributed by atoms with Crippen LogP contribution >= 0.6 is 11.3 Å². The van der Waals surface area contributed by atoms with Crippen LogP contribution in [0.4, 0.5) is 11.7 Å². The molecule has 0 aromatic carbocycles. The standard InChI is InChI=1S/C12H8N4O4S/c1-6(17)13-12-10-7(4-5-21-10)14-11(15-12)8-2-3-9(20-8)16(18)19/h2-5H,1H3,(H,13,14,15,17). The van der Waals surface area contributed by atoms with E-state index in [1.54, 1.807) is 6.07 Å². The molecule has 0 aliphatic carbocycles. The fourth-order valence-electron chi connectivity index (χ4n) is 1.77. The second kappa shape index (κ2) is 4.94. The SMILES string of the molecule is CC(=O)Nc1nc(-c2ccc([N+](=O)[O-])o2)nc2ccsc12. The van der Waals surface area contributed by atoms with Crippen molar-refractivity contribution in [2.75, 3.05) is 5.32 Å². The molecule has 21 heavy (non-hydrogen) atoms. The summed E-state index contributed by atoms with van der Waals surface area (Å²) >= 11 is 1.39. The van der Waals surface area contributed by atoms with Gasteiger partial charge in [-0.1, -0.05) is 0 Å². The Labute approximate surface area is 121 Å². The molecule has 0 radical (unpaired) electrons. The summed E-state index contributed by atoms with van der Waals surface area (Å²) in [5.74, 6) is 0.0515. The van der Waals surface area contributed by atoms with Crippen molar-refractivity contribution in [1.82, 2.24) is 9.97 Å². The molecule has 0 unspecified atom stereocenters. The van der Waals surface area contributed by atoms with Gasteiger partial charge in [0.2, 0.25) is 5.91 Å². The first-order chi connectivity index (χ1) is 10.0. The monoisotopic (exact) mass is 304 g/mol. The molecular weight excluding hydrogens is 296 g/mol. The van der Waals surface area contributed by atoms with E-state index in [-0.39, 0.29) is 23.4 Å². The van der Waals surface area contributed by atoms with Crippen LogP contribution in [0, 0.1) is 10.1 Å². The van der Waals surface area contributed by atoms with Gasteiger partial charge in [0.15, 0.2) is 17.4 Å². The zero-order valence-corrected chi connectivity index (χ0v) is 11.5. The van der Waals surface area contributed by atoms with Crippen LogP contribution in [0.15, 0.2) is 28.0 Å². The first-order valence-corrected chi connectivity index (χ1v) is 6.70. The molecule has 0 atom stereocenters. The van der Waals surface area contributed by atoms with E-state index in [9.17, 15) is 14.9 Å². The maximum atomic E-state index is 11.2. The van der Waals surface area contributed by atoms with E-state index in [1.807, 2.05) is 5.38 Å². The molecule has 1 N–H and O–H groups in total. The second-order valence-electron chi connectivity index (χ2n) is 4.11. The lowest BCUT2D eigenvalue weighted by atomic mass is 10.3. The number of nitrogens with zero attached hydrogens (tertiary/aromatic N) is 3. The van der Waals surface area contributed by atoms with E-state index in [0.717, 1.165) is 4.70 Å². The number of nitro groups is 1. The van der Waals surface area contributed by atoms with Crippen LogP contribution in [0.1, 0.15) is 6.92 Å². The van der Waals surface area contributed by atoms with Crippen molar-refractivity contribution in [3.05, 3.63) is 33.7 Å². The van der Waals surface area contributed by atoms with Crippen molar-refractivity contribution < 1.29 is 14.1 Å². The number of thiophene rings is 1. The molecular formula is C12H8N4O4S. The Morgan fingerprint density at radius 3 is 2.86 bits per heavy atom. The summed E-state index contributed by atoms with van der Waals surface area (Å²) in [5.41, 5.74) is 0.632. The Bertz CT molecular complexity index is 854. The highest BCUT2D eigenvalue weighted by molar-refractivity contribution is 7.17. The Morgan fingerprint density at radius 1 is 1.38 bits per heavy atom. The van der Waals surface area contributed by atoms with Crippen molar-refractivity contribution in [3.63, 3.8) is 0 Å². The van der Waals surface area contributed by atoms with Crippen LogP contribution in [0.5, 0.6) is 0 Å². The topological polar surface area (TPSA) is 111 Å². The summed E-state index contributed by atoms with van der Waals surface area (Å²) in [6.07, 6.45) is 0. The van der Waals surface area contributed by atoms with Gasteiger partial charge in [-0.05, 0) is 17.5 Å². The van der Waals surface area contributed by atoms with E-state index in [1.165, 1.54) is 30.4 Å². The number of anilines is 1. The van der Waals surface area contributed by atoms with E-state index in [4.69, 9.17) is 4.42 Å². The average molecular weight is 304 g/mol. The summed E-state index contributed by atoms with van der Waals surface area (Å²) in [7, 11) is 0. The van der Waals surface area contributed by atoms with E-state index in [2.05, 4.69) is 15.3 Å². The molecule has 0 spiro atoms. The Kier molecular flexibility index (Phi) is 3.10. The third kappa shape index (κ3) is 2.46. The minimum Gasteiger partial charge on any atom is -0.397 e. The van der Waals surface area contributed by atoms with Crippen LogP contribution in [0.2, 0.25) is 0 Å². The number of fused-ring (bicyclic) bond motifs is 1. The van der Waals surface area contributed by atoms with Crippen LogP contribution < -0.4 is 5.32 Å². The minimum absolute atomic E-state index is 0.168. The molecule has 0 saturated carbocycles. The van der Waals surface area contributed by atoms with E-state index in [0.29, 0.717) is 11.3 Å². The van der Waals surface area contributed by atoms with Crippen LogP contribution in [0.25, 0.3) is 21.8 Å². The number of aromatic nitrogens is 2. The number of rotatable bonds is 3. The largest absolute Gasteiger partial charge is 0.433 e. The van der Waals surface area contributed by atoms with Crippen LogP contribution in [0.3, 0.4) is 0 Å². The van der Waals surface area contributed by atoms with Gasteiger partial charge < -0.3 is 9.73 Å². The molecule has 8 nitrogen and oxygen atoms in total. The molecule has 9 heteroatoms. The summed E-state index contributed by atoms with van der Waals surface area (Å²) in [6, 6.07) is 4.42. The number of hydrogen-bond acceptors (Lipinski definition) is 7. The predicted molar refractivity (Wildman–Crippen MR) is 76.1 cm³/mol. The third-order valence-corrected chi connectivity index (χ3v) is 3.50. The number of carbonyl (C=O) groups is 1. The third-order valence-electron chi connectivity index (χ3n) is 2.59. The van der Waals surface area contributed by atoms with Gasteiger partial charge in [0.1, 0.15) is 4.92 Å². The first-order valence-electron chi connectivity index (χ1n) is 5.82. The number of carbonyl (C=O) groups excluding carboxylic acids is 1. The molecule has 106 valence electrons. The number of furan rings is 1. The second-order valence-corrected chi connectivity index (χ2v) is 5.02. The molecule has 0 bridgehead atoms. The lowest BCUT2D eigenvalue weighted by Gasteiger charge is -2.04. The van der Waals surface area contributed by atoms with Crippen molar-refractivity contribution in [2.45, 2.75) is 6.92 Å². The van der Waals surface area contributed by atoms with E-state index < -0.39 is 4.92 Å². The Hall–Kier alpha value is -2.81. The van der Waals surface area contributed by atoms with Gasteiger partial charge in [-0.15, -0.1) is 11.3 Å². The molecule has 3 rings (SSSR count). The quantitative estimate of drug-likeness (QED) is 0.588. The average Bonchev–Trinajstić information content (AvgIpc) is 3.06. The lowest BCUT2D eigenvalue weighted by molar-refractivity contribution is -0.401. The Morgan fingerprint density at radius 2 is 2.19 bits per heavy atom. The highest BCUT2D eigenvalue weighted by Gasteiger charge is 2.17. The number of amides is 1. The summed E-state index contributed by atoms with van der Waals surface area (Å²) in [5, 5.41) is 15.1. The Balaban J connectivity index is 2.13. The minimum atomic E-state index is -0.638. The van der Waals surface area contributed by atoms with Crippen LogP contribution in [-0.2, 0) is 4.79 Å². The summed E-state index contributed by atoms with van der Waals surface area (Å²) in [6.45, 7) is 1.37. The lowest BCUT2D eigenvalue weighted by Crippen LogP contribution is -2.08. The molecule has 1 amide bonds. The maximum Gasteiger partial charge on any atom is 0.433 e.